The molecule has 2 bridgehead atoms. The first-order valence-electron chi connectivity index (χ1n) is 10.7. The molecule has 7 heteroatoms. The molecule has 2 aliphatic rings. The van der Waals surface area contributed by atoms with Crippen LogP contribution < -0.4 is 10.9 Å². The SMILES string of the molecule is C/C=C/c1ccc2n(c1=O)C[C@H]1[C@H](CO)[C@@H](C(=O)NCC)[C@@H]2N1Cc1cccc(Cl)c1. The van der Waals surface area contributed by atoms with E-state index in [-0.39, 0.29) is 36.1 Å². The quantitative estimate of drug-likeness (QED) is 0.722. The largest absolute Gasteiger partial charge is 0.396 e. The molecule has 3 heterocycles. The average Bonchev–Trinajstić information content (AvgIpc) is 2.95. The molecule has 2 aromatic rings. The van der Waals surface area contributed by atoms with Crippen LogP contribution >= 0.6 is 11.6 Å². The van der Waals surface area contributed by atoms with Crippen LogP contribution in [0.1, 0.15) is 36.7 Å². The number of benzene rings is 1. The Bertz CT molecular complexity index is 1060. The summed E-state index contributed by atoms with van der Waals surface area (Å²) in [4.78, 5) is 28.5. The van der Waals surface area contributed by atoms with Gasteiger partial charge in [0, 0.05) is 54.5 Å². The molecule has 4 atom stereocenters. The van der Waals surface area contributed by atoms with Crippen molar-refractivity contribution in [3.8, 4) is 0 Å². The van der Waals surface area contributed by atoms with E-state index in [4.69, 9.17) is 11.6 Å². The minimum atomic E-state index is -0.435. The first kappa shape index (κ1) is 21.8. The predicted molar refractivity (Wildman–Crippen MR) is 122 cm³/mol. The normalized spacial score (nSPS) is 25.0. The van der Waals surface area contributed by atoms with E-state index in [0.717, 1.165) is 11.3 Å². The highest BCUT2D eigenvalue weighted by Crippen LogP contribution is 2.49. The van der Waals surface area contributed by atoms with Gasteiger partial charge in [-0.1, -0.05) is 35.9 Å². The number of nitrogens with zero attached hydrogens (tertiary/aromatic N) is 2. The summed E-state index contributed by atoms with van der Waals surface area (Å²) in [5, 5.41) is 13.9. The number of aliphatic hydroxyl groups excluding tert-OH is 1. The molecule has 1 aromatic heterocycles. The van der Waals surface area contributed by atoms with Crippen molar-refractivity contribution < 1.29 is 9.90 Å². The Morgan fingerprint density at radius 2 is 2.13 bits per heavy atom. The number of allylic oxidation sites excluding steroid dienone is 1. The molecule has 1 fully saturated rings. The van der Waals surface area contributed by atoms with Gasteiger partial charge in [0.2, 0.25) is 5.91 Å². The van der Waals surface area contributed by atoms with E-state index in [2.05, 4.69) is 10.2 Å². The molecule has 6 nitrogen and oxygen atoms in total. The molecule has 4 rings (SSSR count). The molecule has 2 N–H and O–H groups in total. The van der Waals surface area contributed by atoms with Crippen LogP contribution in [-0.2, 0) is 17.9 Å². The standard InChI is InChI=1S/C24H28ClN3O3/c1-3-6-16-9-10-19-22-21(23(30)26-4-2)18(14-29)20(13-28(19)24(16)31)27(22)12-15-7-5-8-17(25)11-15/h3,5-11,18,20-22,29H,4,12-14H2,1-2H3,(H,26,30)/b6-3+/t18-,20-,21+,22+/m0/s1. The van der Waals surface area contributed by atoms with E-state index >= 15 is 0 Å². The third kappa shape index (κ3) is 3.84. The molecule has 164 valence electrons. The van der Waals surface area contributed by atoms with Crippen LogP contribution in [0, 0.1) is 11.8 Å². The Kier molecular flexibility index (Phi) is 6.32. The summed E-state index contributed by atoms with van der Waals surface area (Å²) < 4.78 is 1.79. The van der Waals surface area contributed by atoms with E-state index in [1.54, 1.807) is 10.6 Å². The number of carbonyl (C=O) groups excluding carboxylic acids is 1. The fourth-order valence-corrected chi connectivity index (χ4v) is 5.42. The summed E-state index contributed by atoms with van der Waals surface area (Å²) in [6, 6.07) is 11.0. The van der Waals surface area contributed by atoms with Gasteiger partial charge >= 0.3 is 0 Å². The van der Waals surface area contributed by atoms with Crippen molar-refractivity contribution in [2.24, 2.45) is 11.8 Å². The molecule has 1 saturated heterocycles. The number of aromatic nitrogens is 1. The number of nitrogens with one attached hydrogen (secondary N) is 1. The van der Waals surface area contributed by atoms with E-state index < -0.39 is 5.92 Å². The van der Waals surface area contributed by atoms with Gasteiger partial charge in [-0.15, -0.1) is 0 Å². The number of hydrogen-bond acceptors (Lipinski definition) is 4. The maximum Gasteiger partial charge on any atom is 0.258 e. The van der Waals surface area contributed by atoms with Crippen molar-refractivity contribution in [1.29, 1.82) is 0 Å². The van der Waals surface area contributed by atoms with Gasteiger partial charge in [0.15, 0.2) is 0 Å². The second-order valence-corrected chi connectivity index (χ2v) is 8.65. The maximum atomic E-state index is 13.1. The van der Waals surface area contributed by atoms with Crippen LogP contribution in [-0.4, -0.2) is 39.7 Å². The topological polar surface area (TPSA) is 74.6 Å². The number of pyridine rings is 1. The Hall–Kier alpha value is -2.41. The summed E-state index contributed by atoms with van der Waals surface area (Å²) in [7, 11) is 0. The van der Waals surface area contributed by atoms with E-state index in [1.165, 1.54) is 0 Å². The van der Waals surface area contributed by atoms with Gasteiger partial charge < -0.3 is 15.0 Å². The average molecular weight is 442 g/mol. The highest BCUT2D eigenvalue weighted by molar-refractivity contribution is 6.30. The van der Waals surface area contributed by atoms with Gasteiger partial charge in [-0.25, -0.2) is 0 Å². The minimum absolute atomic E-state index is 0.0544. The van der Waals surface area contributed by atoms with Crippen molar-refractivity contribution in [3.63, 3.8) is 0 Å². The van der Waals surface area contributed by atoms with Crippen LogP contribution in [0.3, 0.4) is 0 Å². The second-order valence-electron chi connectivity index (χ2n) is 8.21. The molecule has 0 unspecified atom stereocenters. The van der Waals surface area contributed by atoms with Gasteiger partial charge in [-0.2, -0.15) is 0 Å². The lowest BCUT2D eigenvalue weighted by molar-refractivity contribution is -0.127. The lowest BCUT2D eigenvalue weighted by atomic mass is 9.86. The number of carbonyl (C=O) groups is 1. The van der Waals surface area contributed by atoms with Crippen molar-refractivity contribution in [2.45, 2.75) is 39.0 Å². The molecule has 0 radical (unpaired) electrons. The maximum absolute atomic E-state index is 13.1. The molecular formula is C24H28ClN3O3. The van der Waals surface area contributed by atoms with Gasteiger partial charge in [0.25, 0.3) is 5.56 Å². The Labute approximate surface area is 187 Å². The highest BCUT2D eigenvalue weighted by Gasteiger charge is 2.55. The molecular weight excluding hydrogens is 414 g/mol. The number of hydrogen-bond donors (Lipinski definition) is 2. The lowest BCUT2D eigenvalue weighted by Gasteiger charge is -2.38. The summed E-state index contributed by atoms with van der Waals surface area (Å²) in [5.41, 5.74) is 2.44. The fraction of sp³-hybridized carbons (Fsp3) is 0.417. The lowest BCUT2D eigenvalue weighted by Crippen LogP contribution is -2.46. The van der Waals surface area contributed by atoms with E-state index in [9.17, 15) is 14.7 Å². The molecule has 2 aliphatic heterocycles. The summed E-state index contributed by atoms with van der Waals surface area (Å²) >= 11 is 6.20. The van der Waals surface area contributed by atoms with Crippen molar-refractivity contribution in [3.05, 3.63) is 74.7 Å². The predicted octanol–water partition coefficient (Wildman–Crippen LogP) is 2.83. The Morgan fingerprint density at radius 3 is 2.81 bits per heavy atom. The summed E-state index contributed by atoms with van der Waals surface area (Å²) in [5.74, 6) is -0.779. The number of amides is 1. The molecule has 1 aromatic carbocycles. The van der Waals surface area contributed by atoms with Gasteiger partial charge in [0.05, 0.1) is 12.0 Å². The van der Waals surface area contributed by atoms with Crippen molar-refractivity contribution in [2.75, 3.05) is 13.2 Å². The Balaban J connectivity index is 1.83. The Morgan fingerprint density at radius 1 is 1.32 bits per heavy atom. The molecule has 1 amide bonds. The van der Waals surface area contributed by atoms with E-state index in [0.29, 0.717) is 30.2 Å². The van der Waals surface area contributed by atoms with Crippen LogP contribution in [0.25, 0.3) is 6.08 Å². The minimum Gasteiger partial charge on any atom is -0.396 e. The molecule has 0 spiro atoms. The molecule has 31 heavy (non-hydrogen) atoms. The second kappa shape index (κ2) is 8.99. The van der Waals surface area contributed by atoms with Crippen molar-refractivity contribution >= 4 is 23.6 Å². The van der Waals surface area contributed by atoms with E-state index in [1.807, 2.05) is 56.3 Å². The monoisotopic (exact) mass is 441 g/mol. The van der Waals surface area contributed by atoms with Crippen LogP contribution in [0.2, 0.25) is 5.02 Å². The zero-order valence-corrected chi connectivity index (χ0v) is 18.5. The summed E-state index contributed by atoms with van der Waals surface area (Å²) in [6.07, 6.45) is 3.65. The molecule has 0 aliphatic carbocycles. The zero-order chi connectivity index (χ0) is 22.1. The third-order valence-electron chi connectivity index (χ3n) is 6.45. The first-order valence-corrected chi connectivity index (χ1v) is 11.1. The van der Waals surface area contributed by atoms with Crippen molar-refractivity contribution in [1.82, 2.24) is 14.8 Å². The fourth-order valence-electron chi connectivity index (χ4n) is 5.20. The third-order valence-corrected chi connectivity index (χ3v) is 6.69. The zero-order valence-electron chi connectivity index (χ0n) is 17.8. The number of fused-ring (bicyclic) bond motifs is 4. The number of aliphatic hydroxyl groups is 1. The first-order chi connectivity index (χ1) is 15.0. The smallest absolute Gasteiger partial charge is 0.258 e. The number of rotatable bonds is 6. The van der Waals surface area contributed by atoms with Crippen LogP contribution in [0.5, 0.6) is 0 Å². The summed E-state index contributed by atoms with van der Waals surface area (Å²) in [6.45, 7) is 5.21. The van der Waals surface area contributed by atoms with Crippen LogP contribution in [0.15, 0.2) is 47.3 Å². The molecule has 0 saturated carbocycles. The highest BCUT2D eigenvalue weighted by atomic mass is 35.5. The van der Waals surface area contributed by atoms with Gasteiger partial charge in [-0.05, 0) is 43.7 Å². The van der Waals surface area contributed by atoms with Crippen LogP contribution in [0.4, 0.5) is 0 Å². The number of halogens is 1. The van der Waals surface area contributed by atoms with Gasteiger partial charge in [0.1, 0.15) is 0 Å². The van der Waals surface area contributed by atoms with Gasteiger partial charge in [-0.3, -0.25) is 14.5 Å².